The number of piperidine rings is 1. The number of carbonyl (C=O) groups is 1. The number of halogens is 2. The van der Waals surface area contributed by atoms with Crippen LogP contribution < -0.4 is 0 Å². The molecule has 0 saturated carbocycles. The van der Waals surface area contributed by atoms with Crippen molar-refractivity contribution in [2.75, 3.05) is 0 Å². The second-order valence-corrected chi connectivity index (χ2v) is 10.6. The molecule has 0 bridgehead atoms. The molecule has 172 valence electrons. The summed E-state index contributed by atoms with van der Waals surface area (Å²) >= 11 is 12.6. The Bertz CT molecular complexity index is 966. The molecule has 1 amide bonds. The van der Waals surface area contributed by atoms with Gasteiger partial charge in [-0.05, 0) is 68.5 Å². The summed E-state index contributed by atoms with van der Waals surface area (Å²) in [5, 5.41) is 12.4. The van der Waals surface area contributed by atoms with Crippen LogP contribution in [0.1, 0.15) is 70.0 Å². The summed E-state index contributed by atoms with van der Waals surface area (Å²) in [5.74, 6) is 0.0403. The SMILES string of the molecule is C=CC[C@@]1(C)C[C@H](c2cccc(Cl)c2)C(c2ccc(Cl)cc2)N([C@@H](CC)C(C)(C)O)C1=O. The van der Waals surface area contributed by atoms with Crippen LogP contribution in [-0.2, 0) is 4.79 Å². The maximum atomic E-state index is 14.1. The van der Waals surface area contributed by atoms with E-state index in [9.17, 15) is 9.90 Å². The van der Waals surface area contributed by atoms with Crippen molar-refractivity contribution >= 4 is 29.1 Å². The average Bonchev–Trinajstić information content (AvgIpc) is 2.71. The Kier molecular flexibility index (Phi) is 7.44. The van der Waals surface area contributed by atoms with Crippen LogP contribution in [0.4, 0.5) is 0 Å². The van der Waals surface area contributed by atoms with Crippen LogP contribution in [0, 0.1) is 5.41 Å². The summed E-state index contributed by atoms with van der Waals surface area (Å²) in [5.41, 5.74) is 0.378. The number of benzene rings is 2. The van der Waals surface area contributed by atoms with Crippen molar-refractivity contribution < 1.29 is 9.90 Å². The highest BCUT2D eigenvalue weighted by atomic mass is 35.5. The number of aliphatic hydroxyl groups is 1. The van der Waals surface area contributed by atoms with Gasteiger partial charge in [0, 0.05) is 16.0 Å². The molecule has 0 spiro atoms. The molecule has 4 atom stereocenters. The number of amides is 1. The molecule has 2 aromatic carbocycles. The summed E-state index contributed by atoms with van der Waals surface area (Å²) in [6.07, 6.45) is 3.67. The normalized spacial score (nSPS) is 25.0. The van der Waals surface area contributed by atoms with E-state index in [0.29, 0.717) is 29.3 Å². The van der Waals surface area contributed by atoms with Crippen LogP contribution in [0.3, 0.4) is 0 Å². The molecule has 5 heteroatoms. The van der Waals surface area contributed by atoms with Gasteiger partial charge < -0.3 is 10.0 Å². The summed E-state index contributed by atoms with van der Waals surface area (Å²) in [4.78, 5) is 16.0. The Morgan fingerprint density at radius 2 is 1.84 bits per heavy atom. The first-order valence-electron chi connectivity index (χ1n) is 11.2. The summed E-state index contributed by atoms with van der Waals surface area (Å²) in [7, 11) is 0. The summed E-state index contributed by atoms with van der Waals surface area (Å²) in [6, 6.07) is 15.0. The highest BCUT2D eigenvalue weighted by molar-refractivity contribution is 6.30. The van der Waals surface area contributed by atoms with E-state index in [1.54, 1.807) is 13.8 Å². The van der Waals surface area contributed by atoms with Gasteiger partial charge in [0.05, 0.1) is 23.1 Å². The first-order valence-corrected chi connectivity index (χ1v) is 11.9. The number of hydrogen-bond acceptors (Lipinski definition) is 2. The Morgan fingerprint density at radius 3 is 2.38 bits per heavy atom. The minimum Gasteiger partial charge on any atom is -0.388 e. The van der Waals surface area contributed by atoms with E-state index in [-0.39, 0.29) is 23.9 Å². The lowest BCUT2D eigenvalue weighted by atomic mass is 9.66. The number of rotatable bonds is 7. The molecule has 0 radical (unpaired) electrons. The van der Waals surface area contributed by atoms with Crippen molar-refractivity contribution in [1.29, 1.82) is 0 Å². The minimum atomic E-state index is -1.07. The molecule has 1 unspecified atom stereocenters. The Balaban J connectivity index is 2.27. The number of nitrogens with zero attached hydrogens (tertiary/aromatic N) is 1. The third-order valence-electron chi connectivity index (χ3n) is 6.72. The predicted octanol–water partition coefficient (Wildman–Crippen LogP) is 7.18. The van der Waals surface area contributed by atoms with Crippen molar-refractivity contribution in [3.63, 3.8) is 0 Å². The zero-order valence-electron chi connectivity index (χ0n) is 19.3. The molecule has 3 rings (SSSR count). The molecular formula is C27H33Cl2NO2. The fourth-order valence-electron chi connectivity index (χ4n) is 5.27. The highest BCUT2D eigenvalue weighted by Crippen LogP contribution is 2.53. The standard InChI is InChI=1S/C27H33Cl2NO2/c1-6-15-27(5)17-22(19-9-8-10-21(29)16-19)24(18-11-13-20(28)14-12-18)30(25(27)31)23(7-2)26(3,4)32/h6,8-14,16,22-24,32H,1,7,15,17H2,2-5H3/t22-,23+,24?,27+/m1/s1. The van der Waals surface area contributed by atoms with E-state index >= 15 is 0 Å². The van der Waals surface area contributed by atoms with Crippen LogP contribution >= 0.6 is 23.2 Å². The van der Waals surface area contributed by atoms with Crippen molar-refractivity contribution in [2.45, 2.75) is 70.6 Å². The summed E-state index contributed by atoms with van der Waals surface area (Å²) in [6.45, 7) is 11.5. The smallest absolute Gasteiger partial charge is 0.229 e. The zero-order chi connectivity index (χ0) is 23.7. The largest absolute Gasteiger partial charge is 0.388 e. The van der Waals surface area contributed by atoms with Crippen molar-refractivity contribution in [1.82, 2.24) is 4.90 Å². The third kappa shape index (κ3) is 4.90. The highest BCUT2D eigenvalue weighted by Gasteiger charge is 2.52. The second kappa shape index (κ2) is 9.59. The molecule has 1 heterocycles. The van der Waals surface area contributed by atoms with Gasteiger partial charge in [-0.3, -0.25) is 4.79 Å². The predicted molar refractivity (Wildman–Crippen MR) is 133 cm³/mol. The fraction of sp³-hybridized carbons (Fsp3) is 0.444. The quantitative estimate of drug-likeness (QED) is 0.432. The molecule has 1 N–H and O–H groups in total. The maximum absolute atomic E-state index is 14.1. The molecule has 3 nitrogen and oxygen atoms in total. The Hall–Kier alpha value is -1.81. The molecule has 0 aliphatic carbocycles. The van der Waals surface area contributed by atoms with Crippen molar-refractivity contribution in [3.8, 4) is 0 Å². The Labute approximate surface area is 202 Å². The first-order chi connectivity index (χ1) is 15.0. The van der Waals surface area contributed by atoms with Gasteiger partial charge >= 0.3 is 0 Å². The lowest BCUT2D eigenvalue weighted by Crippen LogP contribution is -2.60. The van der Waals surface area contributed by atoms with E-state index in [1.165, 1.54) is 0 Å². The van der Waals surface area contributed by atoms with E-state index in [1.807, 2.05) is 67.3 Å². The van der Waals surface area contributed by atoms with Crippen molar-refractivity contribution in [2.24, 2.45) is 5.41 Å². The topological polar surface area (TPSA) is 40.5 Å². The lowest BCUT2D eigenvalue weighted by molar-refractivity contribution is -0.162. The van der Waals surface area contributed by atoms with Crippen LogP contribution in [0.15, 0.2) is 61.2 Å². The van der Waals surface area contributed by atoms with Crippen molar-refractivity contribution in [3.05, 3.63) is 82.4 Å². The van der Waals surface area contributed by atoms with Gasteiger partial charge in [0.2, 0.25) is 5.91 Å². The van der Waals surface area contributed by atoms with Gasteiger partial charge in [-0.1, -0.05) is 67.4 Å². The fourth-order valence-corrected chi connectivity index (χ4v) is 5.59. The number of allylic oxidation sites excluding steroid dienone is 1. The number of carbonyl (C=O) groups excluding carboxylic acids is 1. The minimum absolute atomic E-state index is 0.00562. The third-order valence-corrected chi connectivity index (χ3v) is 7.21. The van der Waals surface area contributed by atoms with Crippen LogP contribution in [0.2, 0.25) is 10.0 Å². The van der Waals surface area contributed by atoms with E-state index in [0.717, 1.165) is 11.1 Å². The van der Waals surface area contributed by atoms with Gasteiger partial charge in [-0.15, -0.1) is 6.58 Å². The zero-order valence-corrected chi connectivity index (χ0v) is 20.8. The molecule has 0 aromatic heterocycles. The van der Waals surface area contributed by atoms with Gasteiger partial charge in [-0.25, -0.2) is 0 Å². The molecule has 1 aliphatic rings. The molecule has 2 aromatic rings. The number of hydrogen-bond donors (Lipinski definition) is 1. The van der Waals surface area contributed by atoms with E-state index in [4.69, 9.17) is 23.2 Å². The van der Waals surface area contributed by atoms with Gasteiger partial charge in [0.15, 0.2) is 0 Å². The molecular weight excluding hydrogens is 441 g/mol. The maximum Gasteiger partial charge on any atom is 0.229 e. The van der Waals surface area contributed by atoms with Crippen LogP contribution in [0.25, 0.3) is 0 Å². The average molecular weight is 474 g/mol. The van der Waals surface area contributed by atoms with Crippen LogP contribution in [0.5, 0.6) is 0 Å². The van der Waals surface area contributed by atoms with Gasteiger partial charge in [0.25, 0.3) is 0 Å². The molecule has 32 heavy (non-hydrogen) atoms. The second-order valence-electron chi connectivity index (χ2n) is 9.71. The monoisotopic (exact) mass is 473 g/mol. The van der Waals surface area contributed by atoms with Crippen LogP contribution in [-0.4, -0.2) is 27.6 Å². The van der Waals surface area contributed by atoms with Gasteiger partial charge in [0.1, 0.15) is 0 Å². The Morgan fingerprint density at radius 1 is 1.19 bits per heavy atom. The molecule has 1 aliphatic heterocycles. The van der Waals surface area contributed by atoms with E-state index < -0.39 is 11.0 Å². The lowest BCUT2D eigenvalue weighted by Gasteiger charge is -2.54. The van der Waals surface area contributed by atoms with Gasteiger partial charge in [-0.2, -0.15) is 0 Å². The number of likely N-dealkylation sites (tertiary alicyclic amines) is 1. The molecule has 1 fully saturated rings. The first kappa shape index (κ1) is 24.8. The van der Waals surface area contributed by atoms with E-state index in [2.05, 4.69) is 12.6 Å². The summed E-state index contributed by atoms with van der Waals surface area (Å²) < 4.78 is 0. The molecule has 1 saturated heterocycles.